The molecule has 4 fully saturated rings. The average Bonchev–Trinajstić information content (AvgIpc) is 3.72. The summed E-state index contributed by atoms with van der Waals surface area (Å²) in [5.41, 5.74) is -0.834. The van der Waals surface area contributed by atoms with Crippen molar-refractivity contribution in [1.82, 2.24) is 9.80 Å². The summed E-state index contributed by atoms with van der Waals surface area (Å²) in [6.45, 7) is 14.8. The maximum absolute atomic E-state index is 11.9. The number of aldehydes is 1. The Morgan fingerprint density at radius 3 is 1.50 bits per heavy atom. The van der Waals surface area contributed by atoms with Crippen molar-refractivity contribution in [3.63, 3.8) is 0 Å². The molecule has 8 nitrogen and oxygen atoms in total. The molecule has 2 aliphatic heterocycles. The fraction of sp³-hybridized carbons (Fsp3) is 0.893. The van der Waals surface area contributed by atoms with Gasteiger partial charge in [-0.2, -0.15) is 0 Å². The molecule has 4 aliphatic rings. The van der Waals surface area contributed by atoms with Crippen LogP contribution in [-0.2, 0) is 14.3 Å². The summed E-state index contributed by atoms with van der Waals surface area (Å²) in [4.78, 5) is 38.0. The number of piperidine rings is 2. The Bertz CT molecular complexity index is 757. The number of aliphatic hydroxyl groups excluding tert-OH is 1. The van der Waals surface area contributed by atoms with E-state index in [0.717, 1.165) is 64.6 Å². The highest BCUT2D eigenvalue weighted by atomic mass is 16.6. The number of rotatable bonds is 4. The summed E-state index contributed by atoms with van der Waals surface area (Å²) in [5, 5.41) is 9.09. The van der Waals surface area contributed by atoms with Crippen LogP contribution in [0.3, 0.4) is 0 Å². The SMILES string of the molecule is CC(C)(C)OC(=O)N1CCC(C2CC2C=O)CC1.CC(C)(C)OC(=O)N1CCC(C2CC2CO)CC1. The zero-order valence-electron chi connectivity index (χ0n) is 23.2. The molecular formula is C28H48N2O6. The lowest BCUT2D eigenvalue weighted by atomic mass is 9.91. The minimum Gasteiger partial charge on any atom is -0.444 e. The summed E-state index contributed by atoms with van der Waals surface area (Å²) >= 11 is 0. The molecule has 0 aromatic carbocycles. The third kappa shape index (κ3) is 8.63. The molecule has 0 spiro atoms. The Labute approximate surface area is 217 Å². The van der Waals surface area contributed by atoms with Crippen molar-refractivity contribution in [3.05, 3.63) is 0 Å². The largest absolute Gasteiger partial charge is 0.444 e. The number of carbonyl (C=O) groups is 3. The second-order valence-electron chi connectivity index (χ2n) is 13.2. The molecular weight excluding hydrogens is 460 g/mol. The van der Waals surface area contributed by atoms with Gasteiger partial charge in [0.1, 0.15) is 17.5 Å². The Kier molecular flexibility index (Phi) is 9.34. The highest BCUT2D eigenvalue weighted by Crippen LogP contribution is 2.48. The summed E-state index contributed by atoms with van der Waals surface area (Å²) in [6, 6.07) is 0. The number of hydrogen-bond acceptors (Lipinski definition) is 6. The van der Waals surface area contributed by atoms with Crippen molar-refractivity contribution in [2.24, 2.45) is 35.5 Å². The predicted octanol–water partition coefficient (Wildman–Crippen LogP) is 4.73. The van der Waals surface area contributed by atoms with E-state index in [4.69, 9.17) is 14.6 Å². The summed E-state index contributed by atoms with van der Waals surface area (Å²) in [6.07, 6.45) is 7.06. The fourth-order valence-electron chi connectivity index (χ4n) is 5.67. The van der Waals surface area contributed by atoms with E-state index in [-0.39, 0.29) is 12.2 Å². The quantitative estimate of drug-likeness (QED) is 0.552. The van der Waals surface area contributed by atoms with Crippen molar-refractivity contribution in [2.45, 2.75) is 91.3 Å². The molecule has 36 heavy (non-hydrogen) atoms. The smallest absolute Gasteiger partial charge is 0.410 e. The maximum Gasteiger partial charge on any atom is 0.410 e. The van der Waals surface area contributed by atoms with Gasteiger partial charge in [0.25, 0.3) is 0 Å². The first kappa shape index (κ1) is 28.7. The number of amides is 2. The molecule has 0 bridgehead atoms. The van der Waals surface area contributed by atoms with E-state index in [0.29, 0.717) is 42.1 Å². The van der Waals surface area contributed by atoms with Crippen LogP contribution >= 0.6 is 0 Å². The van der Waals surface area contributed by atoms with E-state index in [1.165, 1.54) is 6.42 Å². The van der Waals surface area contributed by atoms with Crippen molar-refractivity contribution in [2.75, 3.05) is 32.8 Å². The number of aliphatic hydroxyl groups is 1. The first-order valence-electron chi connectivity index (χ1n) is 13.8. The highest BCUT2D eigenvalue weighted by molar-refractivity contribution is 5.68. The van der Waals surface area contributed by atoms with Gasteiger partial charge in [-0.1, -0.05) is 0 Å². The number of likely N-dealkylation sites (tertiary alicyclic amines) is 2. The monoisotopic (exact) mass is 508 g/mol. The van der Waals surface area contributed by atoms with Crippen LogP contribution in [0.25, 0.3) is 0 Å². The van der Waals surface area contributed by atoms with Gasteiger partial charge in [-0.3, -0.25) is 0 Å². The molecule has 0 radical (unpaired) electrons. The normalized spacial score (nSPS) is 29.1. The third-order valence-corrected chi connectivity index (χ3v) is 7.87. The first-order valence-corrected chi connectivity index (χ1v) is 13.8. The van der Waals surface area contributed by atoms with Gasteiger partial charge in [0.15, 0.2) is 0 Å². The molecule has 4 rings (SSSR count). The van der Waals surface area contributed by atoms with Gasteiger partial charge in [0.2, 0.25) is 0 Å². The number of ether oxygens (including phenoxy) is 2. The van der Waals surface area contributed by atoms with E-state index in [2.05, 4.69) is 0 Å². The Morgan fingerprint density at radius 2 is 1.19 bits per heavy atom. The molecule has 1 N–H and O–H groups in total. The van der Waals surface area contributed by atoms with Gasteiger partial charge >= 0.3 is 12.2 Å². The zero-order valence-corrected chi connectivity index (χ0v) is 23.2. The molecule has 206 valence electrons. The van der Waals surface area contributed by atoms with Crippen molar-refractivity contribution in [3.8, 4) is 0 Å². The van der Waals surface area contributed by atoms with Gasteiger partial charge in [-0.05, 0) is 110 Å². The van der Waals surface area contributed by atoms with E-state index in [1.807, 2.05) is 46.4 Å². The summed E-state index contributed by atoms with van der Waals surface area (Å²) in [5.74, 6) is 3.44. The molecule has 2 aliphatic carbocycles. The lowest BCUT2D eigenvalue weighted by molar-refractivity contribution is -0.109. The van der Waals surface area contributed by atoms with Gasteiger partial charge < -0.3 is 29.2 Å². The van der Waals surface area contributed by atoms with E-state index in [9.17, 15) is 14.4 Å². The molecule has 4 unspecified atom stereocenters. The van der Waals surface area contributed by atoms with Crippen LogP contribution in [0.15, 0.2) is 0 Å². The van der Waals surface area contributed by atoms with Crippen molar-refractivity contribution >= 4 is 18.5 Å². The van der Waals surface area contributed by atoms with Gasteiger partial charge in [0, 0.05) is 38.7 Å². The van der Waals surface area contributed by atoms with Gasteiger partial charge in [0.05, 0.1) is 0 Å². The molecule has 2 amide bonds. The summed E-state index contributed by atoms with van der Waals surface area (Å²) in [7, 11) is 0. The minimum atomic E-state index is -0.424. The second kappa shape index (κ2) is 11.7. The minimum absolute atomic E-state index is 0.185. The molecule has 2 saturated heterocycles. The van der Waals surface area contributed by atoms with Crippen LogP contribution in [0, 0.1) is 35.5 Å². The number of carbonyl (C=O) groups excluding carboxylic acids is 3. The Balaban J connectivity index is 0.000000201. The number of nitrogens with zero attached hydrogens (tertiary/aromatic N) is 2. The van der Waals surface area contributed by atoms with Crippen LogP contribution in [0.1, 0.15) is 80.1 Å². The Morgan fingerprint density at radius 1 is 0.778 bits per heavy atom. The number of hydrogen-bond donors (Lipinski definition) is 1. The third-order valence-electron chi connectivity index (χ3n) is 7.87. The van der Waals surface area contributed by atoms with E-state index < -0.39 is 11.2 Å². The van der Waals surface area contributed by atoms with Crippen LogP contribution in [0.5, 0.6) is 0 Å². The molecule has 0 aromatic rings. The molecule has 2 heterocycles. The molecule has 8 heteroatoms. The molecule has 4 atom stereocenters. The van der Waals surface area contributed by atoms with Crippen LogP contribution in [-0.4, -0.2) is 77.4 Å². The lowest BCUT2D eigenvalue weighted by Crippen LogP contribution is -2.42. The van der Waals surface area contributed by atoms with Crippen molar-refractivity contribution < 1.29 is 29.0 Å². The van der Waals surface area contributed by atoms with Gasteiger partial charge in [-0.15, -0.1) is 0 Å². The summed E-state index contributed by atoms with van der Waals surface area (Å²) < 4.78 is 10.7. The highest BCUT2D eigenvalue weighted by Gasteiger charge is 2.44. The van der Waals surface area contributed by atoms with E-state index in [1.54, 1.807) is 4.90 Å². The second-order valence-corrected chi connectivity index (χ2v) is 13.2. The average molecular weight is 509 g/mol. The van der Waals surface area contributed by atoms with Crippen LogP contribution in [0.2, 0.25) is 0 Å². The topological polar surface area (TPSA) is 96.4 Å². The van der Waals surface area contributed by atoms with Crippen LogP contribution in [0.4, 0.5) is 9.59 Å². The van der Waals surface area contributed by atoms with E-state index >= 15 is 0 Å². The first-order chi connectivity index (χ1) is 16.8. The fourth-order valence-corrected chi connectivity index (χ4v) is 5.67. The molecule has 2 saturated carbocycles. The Hall–Kier alpha value is -1.83. The zero-order chi connectivity index (χ0) is 26.7. The standard InChI is InChI=1S/C14H25NO3.C14H23NO3/c2*1-14(2,3)18-13(17)15-6-4-10(5-7-15)12-8-11(12)9-16/h10-12,16H,4-9H2,1-3H3;9-12H,4-8H2,1-3H3. The van der Waals surface area contributed by atoms with Crippen LogP contribution < -0.4 is 0 Å². The van der Waals surface area contributed by atoms with Gasteiger partial charge in [-0.25, -0.2) is 9.59 Å². The molecule has 0 aromatic heterocycles. The lowest BCUT2D eigenvalue weighted by Gasteiger charge is -2.33. The maximum atomic E-state index is 11.9. The predicted molar refractivity (Wildman–Crippen MR) is 137 cm³/mol. The van der Waals surface area contributed by atoms with Crippen molar-refractivity contribution in [1.29, 1.82) is 0 Å².